The summed E-state index contributed by atoms with van der Waals surface area (Å²) in [6.45, 7) is 8.52. The standard InChI is InChI=1S/C11H19N3S/c1-7-4-10(12)6-14(5-7)11-13-8(2)9(3)15-11/h7,10H,4-6,12H2,1-3H3. The lowest BCUT2D eigenvalue weighted by atomic mass is 9.97. The minimum Gasteiger partial charge on any atom is -0.346 e. The van der Waals surface area contributed by atoms with E-state index in [0.29, 0.717) is 12.0 Å². The predicted octanol–water partition coefficient (Wildman–Crippen LogP) is 1.93. The highest BCUT2D eigenvalue weighted by Gasteiger charge is 2.24. The van der Waals surface area contributed by atoms with Gasteiger partial charge in [-0.25, -0.2) is 4.98 Å². The average Bonchev–Trinajstić information content (AvgIpc) is 2.45. The average molecular weight is 225 g/mol. The Morgan fingerprint density at radius 2 is 2.13 bits per heavy atom. The molecular formula is C11H19N3S. The maximum absolute atomic E-state index is 6.03. The first-order valence-corrected chi connectivity index (χ1v) is 6.32. The molecule has 0 bridgehead atoms. The molecule has 1 aromatic heterocycles. The molecule has 2 N–H and O–H groups in total. The smallest absolute Gasteiger partial charge is 0.185 e. The molecule has 0 saturated carbocycles. The van der Waals surface area contributed by atoms with E-state index in [4.69, 9.17) is 5.73 Å². The summed E-state index contributed by atoms with van der Waals surface area (Å²) in [5.74, 6) is 0.679. The molecule has 2 unspecified atom stereocenters. The Kier molecular flexibility index (Phi) is 2.98. The number of hydrogen-bond acceptors (Lipinski definition) is 4. The highest BCUT2D eigenvalue weighted by atomic mass is 32.1. The second-order valence-corrected chi connectivity index (χ2v) is 5.83. The zero-order valence-corrected chi connectivity index (χ0v) is 10.5. The number of rotatable bonds is 1. The van der Waals surface area contributed by atoms with Gasteiger partial charge in [0.25, 0.3) is 0 Å². The van der Waals surface area contributed by atoms with Gasteiger partial charge in [0.1, 0.15) is 0 Å². The number of nitrogens with two attached hydrogens (primary N) is 1. The summed E-state index contributed by atoms with van der Waals surface area (Å²) in [5, 5.41) is 1.15. The van der Waals surface area contributed by atoms with Gasteiger partial charge < -0.3 is 10.6 Å². The number of thiazole rings is 1. The molecule has 0 radical (unpaired) electrons. The number of aromatic nitrogens is 1. The monoisotopic (exact) mass is 225 g/mol. The van der Waals surface area contributed by atoms with Crippen molar-refractivity contribution in [3.05, 3.63) is 10.6 Å². The highest BCUT2D eigenvalue weighted by molar-refractivity contribution is 7.15. The Labute approximate surface area is 95.3 Å². The molecule has 2 atom stereocenters. The summed E-state index contributed by atoms with van der Waals surface area (Å²) in [7, 11) is 0. The number of nitrogens with zero attached hydrogens (tertiary/aromatic N) is 2. The molecular weight excluding hydrogens is 206 g/mol. The lowest BCUT2D eigenvalue weighted by Crippen LogP contribution is -2.46. The third kappa shape index (κ3) is 2.32. The van der Waals surface area contributed by atoms with Crippen LogP contribution in [0.2, 0.25) is 0 Å². The van der Waals surface area contributed by atoms with Crippen molar-refractivity contribution in [2.75, 3.05) is 18.0 Å². The largest absolute Gasteiger partial charge is 0.346 e. The molecule has 0 spiro atoms. The van der Waals surface area contributed by atoms with Gasteiger partial charge >= 0.3 is 0 Å². The minimum absolute atomic E-state index is 0.304. The number of hydrogen-bond donors (Lipinski definition) is 1. The van der Waals surface area contributed by atoms with Crippen molar-refractivity contribution in [1.29, 1.82) is 0 Å². The highest BCUT2D eigenvalue weighted by Crippen LogP contribution is 2.28. The SMILES string of the molecule is Cc1nc(N2CC(C)CC(N)C2)sc1C. The van der Waals surface area contributed by atoms with Gasteiger partial charge in [-0.3, -0.25) is 0 Å². The zero-order chi connectivity index (χ0) is 11.0. The molecule has 2 rings (SSSR count). The summed E-state index contributed by atoms with van der Waals surface area (Å²) < 4.78 is 0. The van der Waals surface area contributed by atoms with Crippen molar-refractivity contribution in [2.45, 2.75) is 33.2 Å². The summed E-state index contributed by atoms with van der Waals surface area (Å²) in [6.07, 6.45) is 1.14. The Hall–Kier alpha value is -0.610. The van der Waals surface area contributed by atoms with Crippen LogP contribution >= 0.6 is 11.3 Å². The fraction of sp³-hybridized carbons (Fsp3) is 0.727. The first-order valence-electron chi connectivity index (χ1n) is 5.51. The van der Waals surface area contributed by atoms with Crippen molar-refractivity contribution in [3.63, 3.8) is 0 Å². The van der Waals surface area contributed by atoms with E-state index in [0.717, 1.165) is 30.3 Å². The van der Waals surface area contributed by atoms with E-state index in [1.54, 1.807) is 11.3 Å². The van der Waals surface area contributed by atoms with Crippen LogP contribution in [0.5, 0.6) is 0 Å². The number of aryl methyl sites for hydroxylation is 2. The summed E-state index contributed by atoms with van der Waals surface area (Å²) in [5.41, 5.74) is 7.19. The molecule has 2 heterocycles. The third-order valence-corrected chi connectivity index (χ3v) is 4.11. The lowest BCUT2D eigenvalue weighted by Gasteiger charge is -2.34. The van der Waals surface area contributed by atoms with Crippen LogP contribution in [0.3, 0.4) is 0 Å². The zero-order valence-electron chi connectivity index (χ0n) is 9.66. The molecule has 0 aromatic carbocycles. The topological polar surface area (TPSA) is 42.2 Å². The van der Waals surface area contributed by atoms with Crippen LogP contribution in [0.4, 0.5) is 5.13 Å². The van der Waals surface area contributed by atoms with Crippen LogP contribution < -0.4 is 10.6 Å². The molecule has 0 amide bonds. The van der Waals surface area contributed by atoms with Crippen molar-refractivity contribution in [2.24, 2.45) is 11.7 Å². The summed E-state index contributed by atoms with van der Waals surface area (Å²) in [6, 6.07) is 0.304. The van der Waals surface area contributed by atoms with Crippen molar-refractivity contribution >= 4 is 16.5 Å². The Bertz CT molecular complexity index is 318. The second-order valence-electron chi connectivity index (χ2n) is 4.64. The maximum Gasteiger partial charge on any atom is 0.185 e. The van der Waals surface area contributed by atoms with E-state index in [-0.39, 0.29) is 0 Å². The van der Waals surface area contributed by atoms with Crippen molar-refractivity contribution in [3.8, 4) is 0 Å². The molecule has 3 nitrogen and oxygen atoms in total. The van der Waals surface area contributed by atoms with Gasteiger partial charge in [-0.2, -0.15) is 0 Å². The van der Waals surface area contributed by atoms with E-state index in [1.807, 2.05) is 0 Å². The van der Waals surface area contributed by atoms with E-state index in [1.165, 1.54) is 4.88 Å². The van der Waals surface area contributed by atoms with E-state index in [2.05, 4.69) is 30.7 Å². The predicted molar refractivity (Wildman–Crippen MR) is 65.6 cm³/mol. The first kappa shape index (κ1) is 10.9. The van der Waals surface area contributed by atoms with Crippen LogP contribution in [-0.2, 0) is 0 Å². The molecule has 1 saturated heterocycles. The second kappa shape index (κ2) is 4.10. The Morgan fingerprint density at radius 1 is 1.40 bits per heavy atom. The normalized spacial score (nSPS) is 27.1. The van der Waals surface area contributed by atoms with Crippen LogP contribution in [0.1, 0.15) is 23.9 Å². The fourth-order valence-corrected chi connectivity index (χ4v) is 3.07. The number of piperidine rings is 1. The van der Waals surface area contributed by atoms with Gasteiger partial charge in [0.15, 0.2) is 5.13 Å². The van der Waals surface area contributed by atoms with E-state index in [9.17, 15) is 0 Å². The third-order valence-electron chi connectivity index (χ3n) is 2.98. The van der Waals surface area contributed by atoms with Gasteiger partial charge in [0.2, 0.25) is 0 Å². The maximum atomic E-state index is 6.03. The van der Waals surface area contributed by atoms with Crippen molar-refractivity contribution < 1.29 is 0 Å². The number of anilines is 1. The van der Waals surface area contributed by atoms with Gasteiger partial charge in [-0.1, -0.05) is 6.92 Å². The molecule has 0 aliphatic carbocycles. The molecule has 1 aromatic rings. The Balaban J connectivity index is 2.16. The van der Waals surface area contributed by atoms with Crippen molar-refractivity contribution in [1.82, 2.24) is 4.98 Å². The Morgan fingerprint density at radius 3 is 2.67 bits per heavy atom. The molecule has 1 aliphatic heterocycles. The van der Waals surface area contributed by atoms with E-state index >= 15 is 0 Å². The molecule has 1 fully saturated rings. The summed E-state index contributed by atoms with van der Waals surface area (Å²) >= 11 is 1.78. The van der Waals surface area contributed by atoms with Crippen LogP contribution in [-0.4, -0.2) is 24.1 Å². The first-order chi connectivity index (χ1) is 7.06. The molecule has 84 valence electrons. The minimum atomic E-state index is 0.304. The van der Waals surface area contributed by atoms with Crippen LogP contribution in [0.25, 0.3) is 0 Å². The quantitative estimate of drug-likeness (QED) is 0.794. The van der Waals surface area contributed by atoms with Gasteiger partial charge in [-0.05, 0) is 26.2 Å². The van der Waals surface area contributed by atoms with E-state index < -0.39 is 0 Å². The van der Waals surface area contributed by atoms with Gasteiger partial charge in [0.05, 0.1) is 5.69 Å². The molecule has 1 aliphatic rings. The van der Waals surface area contributed by atoms with Gasteiger partial charge in [0, 0.05) is 24.0 Å². The van der Waals surface area contributed by atoms with Gasteiger partial charge in [-0.15, -0.1) is 11.3 Å². The molecule has 15 heavy (non-hydrogen) atoms. The fourth-order valence-electron chi connectivity index (χ4n) is 2.15. The lowest BCUT2D eigenvalue weighted by molar-refractivity contribution is 0.401. The van der Waals surface area contributed by atoms with Crippen LogP contribution in [0, 0.1) is 19.8 Å². The van der Waals surface area contributed by atoms with Crippen LogP contribution in [0.15, 0.2) is 0 Å². The summed E-state index contributed by atoms with van der Waals surface area (Å²) in [4.78, 5) is 8.24. The molecule has 4 heteroatoms.